The minimum Gasteiger partial charge on any atom is -0.387 e. The summed E-state index contributed by atoms with van der Waals surface area (Å²) >= 11 is 1.64. The third-order valence-electron chi connectivity index (χ3n) is 3.94. The Kier molecular flexibility index (Phi) is 4.40. The molecule has 4 nitrogen and oxygen atoms in total. The summed E-state index contributed by atoms with van der Waals surface area (Å²) in [4.78, 5) is 11.0. The van der Waals surface area contributed by atoms with Crippen molar-refractivity contribution in [2.24, 2.45) is 5.92 Å². The van der Waals surface area contributed by atoms with Gasteiger partial charge in [-0.15, -0.1) is 11.3 Å². The summed E-state index contributed by atoms with van der Waals surface area (Å²) in [5, 5.41) is 12.5. The molecule has 2 aromatic rings. The number of piperidine rings is 1. The second-order valence-corrected chi connectivity index (χ2v) is 6.01. The van der Waals surface area contributed by atoms with Crippen LogP contribution in [0.4, 0.5) is 0 Å². The highest BCUT2D eigenvalue weighted by molar-refractivity contribution is 7.07. The number of hydrogen-bond donors (Lipinski definition) is 1. The maximum absolute atomic E-state index is 10.4. The average molecular weight is 289 g/mol. The first-order valence-electron chi connectivity index (χ1n) is 7.01. The van der Waals surface area contributed by atoms with Crippen LogP contribution in [0.25, 0.3) is 0 Å². The van der Waals surface area contributed by atoms with E-state index in [-0.39, 0.29) is 0 Å². The van der Waals surface area contributed by atoms with Crippen molar-refractivity contribution < 1.29 is 5.11 Å². The van der Waals surface area contributed by atoms with E-state index in [2.05, 4.69) is 20.2 Å². The molecule has 0 radical (unpaired) electrons. The van der Waals surface area contributed by atoms with Crippen molar-refractivity contribution in [2.75, 3.05) is 13.1 Å². The van der Waals surface area contributed by atoms with Gasteiger partial charge in [-0.2, -0.15) is 0 Å². The Bertz CT molecular complexity index is 509. The molecule has 0 unspecified atom stereocenters. The highest BCUT2D eigenvalue weighted by atomic mass is 32.1. The predicted octanol–water partition coefficient (Wildman–Crippen LogP) is 2.48. The summed E-state index contributed by atoms with van der Waals surface area (Å²) in [6.45, 7) is 2.97. The van der Waals surface area contributed by atoms with E-state index >= 15 is 0 Å². The monoisotopic (exact) mass is 289 g/mol. The Hall–Kier alpha value is -1.30. The van der Waals surface area contributed by atoms with Crippen molar-refractivity contribution in [2.45, 2.75) is 25.5 Å². The fourth-order valence-corrected chi connectivity index (χ4v) is 3.31. The maximum atomic E-state index is 10.4. The number of pyridine rings is 1. The van der Waals surface area contributed by atoms with Gasteiger partial charge >= 0.3 is 0 Å². The van der Waals surface area contributed by atoms with Crippen LogP contribution < -0.4 is 0 Å². The molecular weight excluding hydrogens is 270 g/mol. The van der Waals surface area contributed by atoms with Crippen molar-refractivity contribution in [3.8, 4) is 0 Å². The molecule has 5 heteroatoms. The van der Waals surface area contributed by atoms with Crippen molar-refractivity contribution in [3.63, 3.8) is 0 Å². The minimum atomic E-state index is -0.433. The molecular formula is C15H19N3OS. The Labute approximate surface area is 123 Å². The van der Waals surface area contributed by atoms with Crippen molar-refractivity contribution >= 4 is 11.3 Å². The summed E-state index contributed by atoms with van der Waals surface area (Å²) in [6, 6.07) is 5.72. The lowest BCUT2D eigenvalue weighted by atomic mass is 9.89. The first-order chi connectivity index (χ1) is 9.83. The largest absolute Gasteiger partial charge is 0.387 e. The second kappa shape index (κ2) is 6.43. The van der Waals surface area contributed by atoms with Gasteiger partial charge in [0.15, 0.2) is 0 Å². The second-order valence-electron chi connectivity index (χ2n) is 5.29. The molecule has 106 valence electrons. The van der Waals surface area contributed by atoms with Crippen molar-refractivity contribution in [1.82, 2.24) is 14.9 Å². The number of aromatic nitrogens is 2. The van der Waals surface area contributed by atoms with Crippen LogP contribution >= 0.6 is 11.3 Å². The molecule has 20 heavy (non-hydrogen) atoms. The fraction of sp³-hybridized carbons (Fsp3) is 0.467. The summed E-state index contributed by atoms with van der Waals surface area (Å²) in [5.41, 5.74) is 3.83. The van der Waals surface area contributed by atoms with E-state index < -0.39 is 6.10 Å². The van der Waals surface area contributed by atoms with Gasteiger partial charge in [-0.1, -0.05) is 6.07 Å². The smallest absolute Gasteiger partial charge is 0.0988 e. The van der Waals surface area contributed by atoms with Gasteiger partial charge in [-0.25, -0.2) is 4.98 Å². The van der Waals surface area contributed by atoms with Gasteiger partial charge in [0.25, 0.3) is 0 Å². The maximum Gasteiger partial charge on any atom is 0.0988 e. The normalized spacial score (nSPS) is 19.1. The molecule has 1 saturated heterocycles. The number of aliphatic hydroxyl groups is 1. The van der Waals surface area contributed by atoms with E-state index in [1.807, 2.05) is 23.7 Å². The van der Waals surface area contributed by atoms with E-state index in [0.29, 0.717) is 5.92 Å². The fourth-order valence-electron chi connectivity index (χ4n) is 2.76. The molecule has 1 N–H and O–H groups in total. The van der Waals surface area contributed by atoms with Crippen LogP contribution in [0.15, 0.2) is 35.3 Å². The zero-order valence-corrected chi connectivity index (χ0v) is 12.2. The third-order valence-corrected chi connectivity index (χ3v) is 4.57. The molecule has 2 aromatic heterocycles. The van der Waals surface area contributed by atoms with Crippen LogP contribution in [-0.2, 0) is 6.54 Å². The van der Waals surface area contributed by atoms with Gasteiger partial charge in [-0.05, 0) is 44.0 Å². The Balaban J connectivity index is 1.53. The summed E-state index contributed by atoms with van der Waals surface area (Å²) in [6.07, 6.45) is 3.34. The zero-order chi connectivity index (χ0) is 13.8. The van der Waals surface area contributed by atoms with E-state index in [1.165, 1.54) is 0 Å². The van der Waals surface area contributed by atoms with E-state index in [4.69, 9.17) is 0 Å². The van der Waals surface area contributed by atoms with Crippen LogP contribution in [0.1, 0.15) is 30.3 Å². The van der Waals surface area contributed by atoms with Crippen LogP contribution in [0.3, 0.4) is 0 Å². The first kappa shape index (κ1) is 13.7. The Morgan fingerprint density at radius 2 is 2.15 bits per heavy atom. The topological polar surface area (TPSA) is 49.3 Å². The standard InChI is InChI=1S/C15H19N3OS/c19-15(14-3-1-2-6-16-14)12-4-7-18(8-5-12)9-13-10-20-11-17-13/h1-3,6,10-12,15,19H,4-5,7-9H2/t15-/m0/s1. The highest BCUT2D eigenvalue weighted by Crippen LogP contribution is 2.30. The predicted molar refractivity (Wildman–Crippen MR) is 79.3 cm³/mol. The molecule has 1 fully saturated rings. The van der Waals surface area contributed by atoms with Crippen molar-refractivity contribution in [3.05, 3.63) is 46.7 Å². The van der Waals surface area contributed by atoms with Gasteiger partial charge in [0.2, 0.25) is 0 Å². The first-order valence-corrected chi connectivity index (χ1v) is 7.95. The quantitative estimate of drug-likeness (QED) is 0.939. The van der Waals surface area contributed by atoms with Crippen LogP contribution in [-0.4, -0.2) is 33.1 Å². The minimum absolute atomic E-state index is 0.316. The number of rotatable bonds is 4. The third kappa shape index (κ3) is 3.23. The molecule has 3 rings (SSSR count). The summed E-state index contributed by atoms with van der Waals surface area (Å²) < 4.78 is 0. The molecule has 0 bridgehead atoms. The van der Waals surface area contributed by atoms with E-state index in [0.717, 1.165) is 43.9 Å². The van der Waals surface area contributed by atoms with Crippen LogP contribution in [0.5, 0.6) is 0 Å². The molecule has 1 atom stereocenters. The zero-order valence-electron chi connectivity index (χ0n) is 11.4. The number of likely N-dealkylation sites (tertiary alicyclic amines) is 1. The molecule has 0 amide bonds. The van der Waals surface area contributed by atoms with E-state index in [9.17, 15) is 5.11 Å². The van der Waals surface area contributed by atoms with Crippen molar-refractivity contribution in [1.29, 1.82) is 0 Å². The lowest BCUT2D eigenvalue weighted by Crippen LogP contribution is -2.35. The Morgan fingerprint density at radius 1 is 1.30 bits per heavy atom. The highest BCUT2D eigenvalue weighted by Gasteiger charge is 2.26. The summed E-state index contributed by atoms with van der Waals surface area (Å²) in [7, 11) is 0. The molecule has 1 aliphatic rings. The number of aliphatic hydroxyl groups excluding tert-OH is 1. The molecule has 0 aliphatic carbocycles. The number of nitrogens with zero attached hydrogens (tertiary/aromatic N) is 3. The molecule has 1 aliphatic heterocycles. The van der Waals surface area contributed by atoms with E-state index in [1.54, 1.807) is 17.5 Å². The Morgan fingerprint density at radius 3 is 2.80 bits per heavy atom. The van der Waals surface area contributed by atoms with Gasteiger partial charge < -0.3 is 5.11 Å². The lowest BCUT2D eigenvalue weighted by Gasteiger charge is -2.33. The lowest BCUT2D eigenvalue weighted by molar-refractivity contribution is 0.0537. The van der Waals surface area contributed by atoms with Crippen LogP contribution in [0.2, 0.25) is 0 Å². The average Bonchev–Trinajstić information content (AvgIpc) is 3.01. The SMILES string of the molecule is O[C@H](c1ccccn1)C1CCN(Cc2cscn2)CC1. The number of hydrogen-bond acceptors (Lipinski definition) is 5. The van der Waals surface area contributed by atoms with Crippen LogP contribution in [0, 0.1) is 5.92 Å². The van der Waals surface area contributed by atoms with Gasteiger partial charge in [0.05, 0.1) is 23.0 Å². The molecule has 0 saturated carbocycles. The molecule has 0 aromatic carbocycles. The molecule has 3 heterocycles. The molecule has 0 spiro atoms. The van der Waals surface area contributed by atoms with Gasteiger partial charge in [0.1, 0.15) is 0 Å². The van der Waals surface area contributed by atoms with Gasteiger partial charge in [-0.3, -0.25) is 9.88 Å². The summed E-state index contributed by atoms with van der Waals surface area (Å²) in [5.74, 6) is 0.316. The number of thiazole rings is 1. The van der Waals surface area contributed by atoms with Gasteiger partial charge in [0, 0.05) is 18.1 Å².